The van der Waals surface area contributed by atoms with Gasteiger partial charge >= 0.3 is 0 Å². The van der Waals surface area contributed by atoms with E-state index < -0.39 is 0 Å². The molecule has 0 aromatic carbocycles. The van der Waals surface area contributed by atoms with Gasteiger partial charge in [0.2, 0.25) is 0 Å². The molecule has 5 nitrogen and oxygen atoms in total. The number of nitrogens with zero attached hydrogens (tertiary/aromatic N) is 3. The molecule has 0 aliphatic heterocycles. The summed E-state index contributed by atoms with van der Waals surface area (Å²) in [6.07, 6.45) is 6.20. The highest BCUT2D eigenvalue weighted by Gasteiger charge is 2.14. The Labute approximate surface area is 111 Å². The van der Waals surface area contributed by atoms with Crippen molar-refractivity contribution in [3.63, 3.8) is 0 Å². The Morgan fingerprint density at radius 1 is 1.47 bits per heavy atom. The van der Waals surface area contributed by atoms with Crippen LogP contribution in [0.5, 0.6) is 0 Å². The van der Waals surface area contributed by atoms with E-state index in [1.165, 1.54) is 0 Å². The molecular formula is C14H16N4O. The van der Waals surface area contributed by atoms with Crippen molar-refractivity contribution in [3.05, 3.63) is 35.3 Å². The number of carbonyl (C=O) groups is 1. The van der Waals surface area contributed by atoms with Crippen molar-refractivity contribution in [1.29, 1.82) is 0 Å². The molecule has 0 amide bonds. The monoisotopic (exact) mass is 256 g/mol. The van der Waals surface area contributed by atoms with Crippen LogP contribution in [0.3, 0.4) is 0 Å². The van der Waals surface area contributed by atoms with Crippen molar-refractivity contribution in [2.45, 2.75) is 13.8 Å². The minimum Gasteiger partial charge on any atom is -0.345 e. The zero-order valence-electron chi connectivity index (χ0n) is 11.3. The fourth-order valence-corrected chi connectivity index (χ4v) is 2.06. The van der Waals surface area contributed by atoms with Crippen molar-refractivity contribution in [2.24, 2.45) is 12.0 Å². The van der Waals surface area contributed by atoms with Crippen molar-refractivity contribution in [2.75, 3.05) is 0 Å². The van der Waals surface area contributed by atoms with Crippen LogP contribution in [0.4, 0.5) is 5.82 Å². The molecule has 0 radical (unpaired) electrons. The van der Waals surface area contributed by atoms with Crippen LogP contribution in [-0.2, 0) is 7.05 Å². The average molecular weight is 256 g/mol. The number of hydrogen-bond acceptors (Lipinski definition) is 3. The molecular weight excluding hydrogens is 240 g/mol. The van der Waals surface area contributed by atoms with Crippen LogP contribution in [0.2, 0.25) is 0 Å². The number of aromatic amines is 1. The third-order valence-electron chi connectivity index (χ3n) is 3.25. The molecule has 0 saturated carbocycles. The molecule has 0 aliphatic rings. The molecule has 1 N–H and O–H groups in total. The highest BCUT2D eigenvalue weighted by atomic mass is 16.1. The summed E-state index contributed by atoms with van der Waals surface area (Å²) in [6.45, 7) is 7.49. The maximum absolute atomic E-state index is 11.1. The summed E-state index contributed by atoms with van der Waals surface area (Å²) in [5.74, 6) is 0.614. The summed E-state index contributed by atoms with van der Waals surface area (Å²) in [7, 11) is 1.87. The number of aryl methyl sites for hydroxylation is 1. The largest absolute Gasteiger partial charge is 0.345 e. The Morgan fingerprint density at radius 2 is 2.21 bits per heavy atom. The topological polar surface area (TPSA) is 63.0 Å². The van der Waals surface area contributed by atoms with Gasteiger partial charge in [-0.05, 0) is 31.7 Å². The Bertz CT molecular complexity index is 635. The molecule has 0 aliphatic carbocycles. The lowest BCUT2D eigenvalue weighted by Gasteiger charge is -2.07. The van der Waals surface area contributed by atoms with E-state index >= 15 is 0 Å². The van der Waals surface area contributed by atoms with E-state index in [-0.39, 0.29) is 0 Å². The standard InChI is InChI=1S/C14H16N4O/c1-9(11-6-17-18(4)7-11)10(2)13-12(8-19)5-16-14(13)15-3/h5-8,16H,3H2,1-2,4H3/b10-9+. The summed E-state index contributed by atoms with van der Waals surface area (Å²) in [4.78, 5) is 18.0. The van der Waals surface area contributed by atoms with Gasteiger partial charge in [0.15, 0.2) is 6.29 Å². The van der Waals surface area contributed by atoms with Gasteiger partial charge in [-0.2, -0.15) is 5.10 Å². The van der Waals surface area contributed by atoms with Gasteiger partial charge in [0.05, 0.1) is 6.20 Å². The number of hydrogen-bond donors (Lipinski definition) is 1. The first-order valence-electron chi connectivity index (χ1n) is 5.88. The molecule has 2 aromatic rings. The molecule has 0 spiro atoms. The van der Waals surface area contributed by atoms with Crippen molar-refractivity contribution >= 4 is 30.0 Å². The van der Waals surface area contributed by atoms with E-state index in [0.29, 0.717) is 11.4 Å². The molecule has 19 heavy (non-hydrogen) atoms. The number of aldehydes is 1. The van der Waals surface area contributed by atoms with E-state index in [1.807, 2.05) is 27.1 Å². The number of carbonyl (C=O) groups excluding carboxylic acids is 1. The summed E-state index contributed by atoms with van der Waals surface area (Å²) in [5, 5.41) is 4.16. The zero-order valence-corrected chi connectivity index (χ0v) is 11.3. The normalized spacial score (nSPS) is 12.2. The third-order valence-corrected chi connectivity index (χ3v) is 3.25. The fraction of sp³-hybridized carbons (Fsp3) is 0.214. The number of nitrogens with one attached hydrogen (secondary N) is 1. The molecule has 0 fully saturated rings. The summed E-state index contributed by atoms with van der Waals surface area (Å²) in [6, 6.07) is 0. The fourth-order valence-electron chi connectivity index (χ4n) is 2.06. The minimum atomic E-state index is 0.586. The van der Waals surface area contributed by atoms with Gasteiger partial charge in [-0.1, -0.05) is 0 Å². The predicted octanol–water partition coefficient (Wildman–Crippen LogP) is 2.84. The van der Waals surface area contributed by atoms with Crippen LogP contribution in [0, 0.1) is 0 Å². The van der Waals surface area contributed by atoms with Gasteiger partial charge in [0, 0.05) is 36.1 Å². The maximum Gasteiger partial charge on any atom is 0.152 e. The quantitative estimate of drug-likeness (QED) is 0.675. The number of allylic oxidation sites excluding steroid dienone is 2. The molecule has 2 heterocycles. The first-order valence-corrected chi connectivity index (χ1v) is 5.88. The molecule has 0 saturated heterocycles. The number of aliphatic imine (C=N–C) groups is 1. The minimum absolute atomic E-state index is 0.586. The van der Waals surface area contributed by atoms with Gasteiger partial charge < -0.3 is 4.98 Å². The first kappa shape index (κ1) is 13.0. The van der Waals surface area contributed by atoms with Gasteiger partial charge in [-0.15, -0.1) is 0 Å². The lowest BCUT2D eigenvalue weighted by Crippen LogP contribution is -1.89. The van der Waals surface area contributed by atoms with E-state index in [2.05, 4.69) is 21.8 Å². The van der Waals surface area contributed by atoms with E-state index in [9.17, 15) is 4.79 Å². The predicted molar refractivity (Wildman–Crippen MR) is 76.8 cm³/mol. The molecule has 5 heteroatoms. The van der Waals surface area contributed by atoms with Gasteiger partial charge in [0.25, 0.3) is 0 Å². The van der Waals surface area contributed by atoms with Gasteiger partial charge in [-0.3, -0.25) is 9.48 Å². The van der Waals surface area contributed by atoms with Crippen LogP contribution in [0.25, 0.3) is 11.1 Å². The smallest absolute Gasteiger partial charge is 0.152 e. The molecule has 0 atom stereocenters. The van der Waals surface area contributed by atoms with E-state index in [0.717, 1.165) is 28.6 Å². The summed E-state index contributed by atoms with van der Waals surface area (Å²) >= 11 is 0. The third kappa shape index (κ3) is 2.27. The summed E-state index contributed by atoms with van der Waals surface area (Å²) in [5.41, 5.74) is 4.45. The van der Waals surface area contributed by atoms with Crippen LogP contribution < -0.4 is 0 Å². The van der Waals surface area contributed by atoms with Crippen LogP contribution in [0.1, 0.15) is 35.3 Å². The lowest BCUT2D eigenvalue weighted by atomic mass is 9.98. The SMILES string of the molecule is C=Nc1[nH]cc(C=O)c1/C(C)=C(\C)c1cnn(C)c1. The van der Waals surface area contributed by atoms with Crippen LogP contribution in [-0.4, -0.2) is 27.8 Å². The second-order valence-corrected chi connectivity index (χ2v) is 4.40. The Balaban J connectivity index is 2.60. The number of aromatic nitrogens is 3. The highest BCUT2D eigenvalue weighted by Crippen LogP contribution is 2.33. The molecule has 2 rings (SSSR count). The zero-order chi connectivity index (χ0) is 14.0. The van der Waals surface area contributed by atoms with Crippen LogP contribution >= 0.6 is 0 Å². The van der Waals surface area contributed by atoms with Crippen LogP contribution in [0.15, 0.2) is 23.6 Å². The molecule has 2 aromatic heterocycles. The summed E-state index contributed by atoms with van der Waals surface area (Å²) < 4.78 is 1.75. The lowest BCUT2D eigenvalue weighted by molar-refractivity contribution is 0.112. The molecule has 0 bridgehead atoms. The number of rotatable bonds is 4. The Kier molecular flexibility index (Phi) is 3.46. The van der Waals surface area contributed by atoms with E-state index in [4.69, 9.17) is 0 Å². The van der Waals surface area contributed by atoms with Gasteiger partial charge in [0.1, 0.15) is 5.82 Å². The maximum atomic E-state index is 11.1. The second-order valence-electron chi connectivity index (χ2n) is 4.40. The average Bonchev–Trinajstić information content (AvgIpc) is 3.02. The van der Waals surface area contributed by atoms with E-state index in [1.54, 1.807) is 17.1 Å². The molecule has 0 unspecified atom stereocenters. The van der Waals surface area contributed by atoms with Crippen molar-refractivity contribution in [3.8, 4) is 0 Å². The second kappa shape index (κ2) is 5.06. The number of H-pyrrole nitrogens is 1. The van der Waals surface area contributed by atoms with Crippen molar-refractivity contribution < 1.29 is 4.79 Å². The Hall–Kier alpha value is -2.43. The Morgan fingerprint density at radius 3 is 2.74 bits per heavy atom. The molecule has 98 valence electrons. The van der Waals surface area contributed by atoms with Crippen molar-refractivity contribution in [1.82, 2.24) is 14.8 Å². The highest BCUT2D eigenvalue weighted by molar-refractivity contribution is 5.98. The van der Waals surface area contributed by atoms with Gasteiger partial charge in [-0.25, -0.2) is 4.99 Å². The first-order chi connectivity index (χ1) is 9.08.